The fourth-order valence-electron chi connectivity index (χ4n) is 3.45. The molecule has 0 unspecified atom stereocenters. The van der Waals surface area contributed by atoms with Gasteiger partial charge >= 0.3 is 5.97 Å². The Morgan fingerprint density at radius 2 is 1.52 bits per heavy atom. The molecule has 0 spiro atoms. The van der Waals surface area contributed by atoms with E-state index >= 15 is 0 Å². The van der Waals surface area contributed by atoms with Crippen LogP contribution in [0.25, 0.3) is 0 Å². The number of aryl methyl sites for hydroxylation is 2. The lowest BCUT2D eigenvalue weighted by Crippen LogP contribution is -2.14. The standard InChI is InChI=1S/C22H25NO6/c1-13-9-16-14(10-18(13)25-2)7-6-8-17(16)23-29-22(24)15-11-19(26-3)21(28-5)20(12-15)27-4/h9-12H,6-8H2,1-5H3/b23-17-. The molecule has 0 amide bonds. The van der Waals surface area contributed by atoms with Crippen molar-refractivity contribution in [3.63, 3.8) is 0 Å². The van der Waals surface area contributed by atoms with Crippen LogP contribution in [0.1, 0.15) is 39.9 Å². The minimum absolute atomic E-state index is 0.255. The molecular formula is C22H25NO6. The van der Waals surface area contributed by atoms with Crippen molar-refractivity contribution < 1.29 is 28.6 Å². The molecule has 0 saturated carbocycles. The van der Waals surface area contributed by atoms with Crippen LogP contribution in [0, 0.1) is 6.92 Å². The lowest BCUT2D eigenvalue weighted by Gasteiger charge is -2.19. The zero-order valence-corrected chi connectivity index (χ0v) is 17.3. The molecular weight excluding hydrogens is 374 g/mol. The van der Waals surface area contributed by atoms with Crippen molar-refractivity contribution in [2.75, 3.05) is 28.4 Å². The monoisotopic (exact) mass is 399 g/mol. The van der Waals surface area contributed by atoms with Gasteiger partial charge in [-0.05, 0) is 61.6 Å². The van der Waals surface area contributed by atoms with Crippen molar-refractivity contribution >= 4 is 11.7 Å². The Morgan fingerprint density at radius 1 is 0.862 bits per heavy atom. The highest BCUT2D eigenvalue weighted by molar-refractivity contribution is 6.03. The van der Waals surface area contributed by atoms with Crippen molar-refractivity contribution in [2.45, 2.75) is 26.2 Å². The van der Waals surface area contributed by atoms with Crippen LogP contribution in [0.4, 0.5) is 0 Å². The lowest BCUT2D eigenvalue weighted by atomic mass is 9.88. The number of ether oxygens (including phenoxy) is 4. The van der Waals surface area contributed by atoms with Crippen LogP contribution < -0.4 is 18.9 Å². The molecule has 0 aromatic heterocycles. The van der Waals surface area contributed by atoms with Gasteiger partial charge in [-0.3, -0.25) is 0 Å². The zero-order valence-electron chi connectivity index (χ0n) is 17.3. The summed E-state index contributed by atoms with van der Waals surface area (Å²) in [6, 6.07) is 7.13. The predicted molar refractivity (Wildman–Crippen MR) is 109 cm³/mol. The molecule has 0 heterocycles. The van der Waals surface area contributed by atoms with E-state index in [1.54, 1.807) is 7.11 Å². The summed E-state index contributed by atoms with van der Waals surface area (Å²) in [7, 11) is 6.14. The molecule has 1 aliphatic rings. The summed E-state index contributed by atoms with van der Waals surface area (Å²) >= 11 is 0. The maximum absolute atomic E-state index is 12.6. The molecule has 154 valence electrons. The number of hydrogen-bond donors (Lipinski definition) is 0. The van der Waals surface area contributed by atoms with E-state index in [1.807, 2.05) is 19.1 Å². The third kappa shape index (κ3) is 4.13. The second-order valence-corrected chi connectivity index (χ2v) is 6.66. The van der Waals surface area contributed by atoms with E-state index in [2.05, 4.69) is 5.16 Å². The molecule has 0 aliphatic heterocycles. The Labute approximate surface area is 170 Å². The number of fused-ring (bicyclic) bond motifs is 1. The van der Waals surface area contributed by atoms with Crippen LogP contribution in [0.2, 0.25) is 0 Å². The molecule has 0 saturated heterocycles. The second kappa shape index (κ2) is 8.86. The van der Waals surface area contributed by atoms with Crippen molar-refractivity contribution in [3.8, 4) is 23.0 Å². The minimum Gasteiger partial charge on any atom is -0.496 e. The Balaban J connectivity index is 1.88. The number of carbonyl (C=O) groups excluding carboxylic acids is 1. The molecule has 0 fully saturated rings. The highest BCUT2D eigenvalue weighted by atomic mass is 16.7. The number of methoxy groups -OCH3 is 4. The number of nitrogens with zero attached hydrogens (tertiary/aromatic N) is 1. The average Bonchev–Trinajstić information content (AvgIpc) is 2.75. The molecule has 7 nitrogen and oxygen atoms in total. The van der Waals surface area contributed by atoms with E-state index in [0.717, 1.165) is 47.4 Å². The molecule has 0 radical (unpaired) electrons. The summed E-state index contributed by atoms with van der Waals surface area (Å²) in [6.45, 7) is 1.98. The molecule has 0 bridgehead atoms. The smallest absolute Gasteiger partial charge is 0.366 e. The van der Waals surface area contributed by atoms with Crippen LogP contribution in [-0.2, 0) is 11.3 Å². The maximum atomic E-state index is 12.6. The van der Waals surface area contributed by atoms with Gasteiger partial charge < -0.3 is 23.8 Å². The van der Waals surface area contributed by atoms with Crippen molar-refractivity contribution in [1.29, 1.82) is 0 Å². The SMILES string of the molecule is COc1cc2c(cc1C)/C(=N\OC(=O)c1cc(OC)c(OC)c(OC)c1)CCC2. The topological polar surface area (TPSA) is 75.6 Å². The molecule has 7 heteroatoms. The van der Waals surface area contributed by atoms with E-state index in [1.165, 1.54) is 33.5 Å². The number of carbonyl (C=O) groups is 1. The first kappa shape index (κ1) is 20.5. The zero-order chi connectivity index (χ0) is 21.0. The van der Waals surface area contributed by atoms with Gasteiger partial charge in [0.05, 0.1) is 39.7 Å². The van der Waals surface area contributed by atoms with E-state index < -0.39 is 5.97 Å². The molecule has 3 rings (SSSR count). The first-order valence-corrected chi connectivity index (χ1v) is 9.28. The molecule has 0 atom stereocenters. The summed E-state index contributed by atoms with van der Waals surface area (Å²) in [6.07, 6.45) is 2.60. The first-order chi connectivity index (χ1) is 14.0. The first-order valence-electron chi connectivity index (χ1n) is 9.28. The van der Waals surface area contributed by atoms with Crippen LogP contribution in [0.15, 0.2) is 29.4 Å². The third-order valence-corrected chi connectivity index (χ3v) is 4.93. The van der Waals surface area contributed by atoms with Crippen LogP contribution in [-0.4, -0.2) is 40.1 Å². The number of hydrogen-bond acceptors (Lipinski definition) is 7. The highest BCUT2D eigenvalue weighted by Crippen LogP contribution is 2.38. The highest BCUT2D eigenvalue weighted by Gasteiger charge is 2.21. The minimum atomic E-state index is -0.603. The summed E-state index contributed by atoms with van der Waals surface area (Å²) in [4.78, 5) is 17.9. The Hall–Kier alpha value is -3.22. The van der Waals surface area contributed by atoms with Gasteiger partial charge in [-0.1, -0.05) is 5.16 Å². The Bertz CT molecular complexity index is 926. The van der Waals surface area contributed by atoms with E-state index in [-0.39, 0.29) is 5.56 Å². The van der Waals surface area contributed by atoms with E-state index in [4.69, 9.17) is 23.8 Å². The fourth-order valence-corrected chi connectivity index (χ4v) is 3.45. The van der Waals surface area contributed by atoms with E-state index in [0.29, 0.717) is 17.2 Å². The lowest BCUT2D eigenvalue weighted by molar-refractivity contribution is 0.0514. The molecule has 1 aliphatic carbocycles. The third-order valence-electron chi connectivity index (χ3n) is 4.93. The van der Waals surface area contributed by atoms with E-state index in [9.17, 15) is 4.79 Å². The van der Waals surface area contributed by atoms with Gasteiger partial charge in [0.15, 0.2) is 11.5 Å². The van der Waals surface area contributed by atoms with Gasteiger partial charge in [0.2, 0.25) is 5.75 Å². The molecule has 29 heavy (non-hydrogen) atoms. The largest absolute Gasteiger partial charge is 0.496 e. The second-order valence-electron chi connectivity index (χ2n) is 6.66. The quantitative estimate of drug-likeness (QED) is 0.541. The van der Waals surface area contributed by atoms with Gasteiger partial charge in [0.25, 0.3) is 0 Å². The van der Waals surface area contributed by atoms with Crippen LogP contribution in [0.3, 0.4) is 0 Å². The van der Waals surface area contributed by atoms with Gasteiger partial charge in [-0.15, -0.1) is 0 Å². The van der Waals surface area contributed by atoms with Crippen LogP contribution >= 0.6 is 0 Å². The Kier molecular flexibility index (Phi) is 6.26. The fraction of sp³-hybridized carbons (Fsp3) is 0.364. The number of rotatable bonds is 6. The van der Waals surface area contributed by atoms with Crippen LogP contribution in [0.5, 0.6) is 23.0 Å². The maximum Gasteiger partial charge on any atom is 0.366 e. The van der Waals surface area contributed by atoms with Gasteiger partial charge in [0, 0.05) is 5.56 Å². The van der Waals surface area contributed by atoms with Crippen molar-refractivity contribution in [3.05, 3.63) is 46.5 Å². The summed E-state index contributed by atoms with van der Waals surface area (Å²) in [5.74, 6) is 1.39. The number of benzene rings is 2. The molecule has 2 aromatic rings. The van der Waals surface area contributed by atoms with Crippen molar-refractivity contribution in [1.82, 2.24) is 0 Å². The average molecular weight is 399 g/mol. The summed E-state index contributed by atoms with van der Waals surface area (Å²) in [5, 5.41) is 4.16. The van der Waals surface area contributed by atoms with Gasteiger partial charge in [0.1, 0.15) is 5.75 Å². The van der Waals surface area contributed by atoms with Crippen molar-refractivity contribution in [2.24, 2.45) is 5.16 Å². The Morgan fingerprint density at radius 3 is 2.10 bits per heavy atom. The summed E-state index contributed by atoms with van der Waals surface area (Å²) in [5.41, 5.74) is 4.15. The van der Waals surface area contributed by atoms with Gasteiger partial charge in [-0.2, -0.15) is 0 Å². The summed E-state index contributed by atoms with van der Waals surface area (Å²) < 4.78 is 21.3. The number of oxime groups is 1. The normalized spacial score (nSPS) is 14.2. The molecule has 0 N–H and O–H groups in total. The molecule has 2 aromatic carbocycles. The predicted octanol–water partition coefficient (Wildman–Crippen LogP) is 3.93. The van der Waals surface area contributed by atoms with Gasteiger partial charge in [-0.25, -0.2) is 4.79 Å².